The van der Waals surface area contributed by atoms with Gasteiger partial charge in [-0.3, -0.25) is 0 Å². The van der Waals surface area contributed by atoms with Gasteiger partial charge in [-0.2, -0.15) is 0 Å². The van der Waals surface area contributed by atoms with Gasteiger partial charge in [0.2, 0.25) is 0 Å². The van der Waals surface area contributed by atoms with Crippen molar-refractivity contribution in [1.29, 1.82) is 0 Å². The van der Waals surface area contributed by atoms with Gasteiger partial charge in [-0.25, -0.2) is 4.39 Å². The molecule has 0 saturated carbocycles. The Kier molecular flexibility index (Phi) is 6.68. The van der Waals surface area contributed by atoms with Crippen LogP contribution in [-0.2, 0) is 4.74 Å². The van der Waals surface area contributed by atoms with Crippen LogP contribution >= 0.6 is 0 Å². The molecule has 0 spiro atoms. The molecule has 0 radical (unpaired) electrons. The fourth-order valence-electron chi connectivity index (χ4n) is 1.43. The van der Waals surface area contributed by atoms with Crippen LogP contribution in [0.25, 0.3) is 0 Å². The molecule has 0 bridgehead atoms. The molecule has 102 valence electrons. The van der Waals surface area contributed by atoms with Crippen molar-refractivity contribution in [1.82, 2.24) is 4.90 Å². The van der Waals surface area contributed by atoms with E-state index in [2.05, 4.69) is 4.90 Å². The molecular weight excluding hydrogens is 233 g/mol. The maximum Gasteiger partial charge on any atom is 0.165 e. The number of likely N-dealkylation sites (N-methyl/N-ethyl adjacent to an activating group) is 1. The standard InChI is InChI=1S/C14H22FNO2/c1-12(2)17-10-8-16(3)9-11-18-14-7-5-4-6-13(14)15/h4-7,12H,8-11H2,1-3H3. The minimum Gasteiger partial charge on any atom is -0.489 e. The summed E-state index contributed by atoms with van der Waals surface area (Å²) in [6.07, 6.45) is 0.257. The quantitative estimate of drug-likeness (QED) is 0.712. The van der Waals surface area contributed by atoms with Gasteiger partial charge in [0.1, 0.15) is 6.61 Å². The molecule has 18 heavy (non-hydrogen) atoms. The number of benzene rings is 1. The van der Waals surface area contributed by atoms with Gasteiger partial charge in [-0.1, -0.05) is 12.1 Å². The summed E-state index contributed by atoms with van der Waals surface area (Å²) >= 11 is 0. The Bertz CT molecular complexity index is 344. The molecule has 0 fully saturated rings. The molecule has 0 heterocycles. The lowest BCUT2D eigenvalue weighted by molar-refractivity contribution is 0.0615. The van der Waals surface area contributed by atoms with Gasteiger partial charge in [-0.05, 0) is 33.0 Å². The highest BCUT2D eigenvalue weighted by molar-refractivity contribution is 5.23. The van der Waals surface area contributed by atoms with Crippen molar-refractivity contribution in [2.45, 2.75) is 20.0 Å². The number of para-hydroxylation sites is 1. The van der Waals surface area contributed by atoms with Crippen molar-refractivity contribution in [2.75, 3.05) is 33.4 Å². The minimum atomic E-state index is -0.316. The lowest BCUT2D eigenvalue weighted by Crippen LogP contribution is -2.28. The lowest BCUT2D eigenvalue weighted by Gasteiger charge is -2.17. The predicted molar refractivity (Wildman–Crippen MR) is 70.5 cm³/mol. The van der Waals surface area contributed by atoms with Gasteiger partial charge >= 0.3 is 0 Å². The van der Waals surface area contributed by atoms with Gasteiger partial charge in [-0.15, -0.1) is 0 Å². The van der Waals surface area contributed by atoms with Crippen LogP contribution < -0.4 is 4.74 Å². The van der Waals surface area contributed by atoms with E-state index in [9.17, 15) is 4.39 Å². The van der Waals surface area contributed by atoms with E-state index in [1.807, 2.05) is 20.9 Å². The highest BCUT2D eigenvalue weighted by Gasteiger charge is 2.03. The van der Waals surface area contributed by atoms with Crippen LogP contribution in [0.4, 0.5) is 4.39 Å². The second-order valence-corrected chi connectivity index (χ2v) is 4.50. The highest BCUT2D eigenvalue weighted by atomic mass is 19.1. The average molecular weight is 255 g/mol. The average Bonchev–Trinajstić information content (AvgIpc) is 2.31. The molecule has 0 aliphatic carbocycles. The Labute approximate surface area is 109 Å². The van der Waals surface area contributed by atoms with E-state index in [0.29, 0.717) is 19.0 Å². The van der Waals surface area contributed by atoms with E-state index in [4.69, 9.17) is 9.47 Å². The summed E-state index contributed by atoms with van der Waals surface area (Å²) in [6.45, 7) is 6.80. The van der Waals surface area contributed by atoms with Crippen molar-refractivity contribution in [3.05, 3.63) is 30.1 Å². The van der Waals surface area contributed by atoms with Crippen LogP contribution in [-0.4, -0.2) is 44.4 Å². The van der Waals surface area contributed by atoms with Gasteiger partial charge in [0, 0.05) is 13.1 Å². The normalized spacial score (nSPS) is 11.2. The lowest BCUT2D eigenvalue weighted by atomic mass is 10.3. The summed E-state index contributed by atoms with van der Waals surface area (Å²) in [5.74, 6) is -0.00683. The van der Waals surface area contributed by atoms with Crippen LogP contribution in [0.5, 0.6) is 5.75 Å². The van der Waals surface area contributed by atoms with Gasteiger partial charge in [0.05, 0.1) is 12.7 Å². The van der Waals surface area contributed by atoms with Gasteiger partial charge in [0.15, 0.2) is 11.6 Å². The van der Waals surface area contributed by atoms with E-state index in [0.717, 1.165) is 13.1 Å². The van der Waals surface area contributed by atoms with Gasteiger partial charge < -0.3 is 14.4 Å². The Balaban J connectivity index is 2.15. The number of ether oxygens (including phenoxy) is 2. The zero-order chi connectivity index (χ0) is 13.4. The summed E-state index contributed by atoms with van der Waals surface area (Å²) in [5.41, 5.74) is 0. The molecule has 1 aromatic rings. The number of halogens is 1. The summed E-state index contributed by atoms with van der Waals surface area (Å²) in [7, 11) is 1.99. The third kappa shape index (κ3) is 5.98. The first-order chi connectivity index (χ1) is 8.59. The first kappa shape index (κ1) is 14.9. The Morgan fingerprint density at radius 3 is 2.50 bits per heavy atom. The number of hydrogen-bond acceptors (Lipinski definition) is 3. The van der Waals surface area contributed by atoms with Crippen molar-refractivity contribution < 1.29 is 13.9 Å². The summed E-state index contributed by atoms with van der Waals surface area (Å²) in [6, 6.07) is 6.45. The largest absolute Gasteiger partial charge is 0.489 e. The Hall–Kier alpha value is -1.13. The van der Waals surface area contributed by atoms with E-state index >= 15 is 0 Å². The third-order valence-corrected chi connectivity index (χ3v) is 2.49. The molecule has 1 aromatic carbocycles. The van der Waals surface area contributed by atoms with Crippen LogP contribution in [0, 0.1) is 5.82 Å². The summed E-state index contributed by atoms with van der Waals surface area (Å²) in [4.78, 5) is 2.10. The smallest absolute Gasteiger partial charge is 0.165 e. The topological polar surface area (TPSA) is 21.7 Å². The molecule has 0 aliphatic heterocycles. The second-order valence-electron chi connectivity index (χ2n) is 4.50. The zero-order valence-corrected chi connectivity index (χ0v) is 11.4. The molecule has 0 atom stereocenters. The fourth-order valence-corrected chi connectivity index (χ4v) is 1.43. The third-order valence-electron chi connectivity index (χ3n) is 2.49. The van der Waals surface area contributed by atoms with Gasteiger partial charge in [0.25, 0.3) is 0 Å². The van der Waals surface area contributed by atoms with Crippen LogP contribution in [0.15, 0.2) is 24.3 Å². The van der Waals surface area contributed by atoms with Crippen LogP contribution in [0.1, 0.15) is 13.8 Å². The summed E-state index contributed by atoms with van der Waals surface area (Å²) < 4.78 is 24.1. The molecule has 0 aliphatic rings. The molecule has 0 unspecified atom stereocenters. The molecule has 0 saturated heterocycles. The molecule has 1 rings (SSSR count). The molecule has 4 heteroatoms. The van der Waals surface area contributed by atoms with Crippen molar-refractivity contribution in [2.24, 2.45) is 0 Å². The number of nitrogens with zero attached hydrogens (tertiary/aromatic N) is 1. The van der Waals surface area contributed by atoms with Crippen molar-refractivity contribution in [3.8, 4) is 5.75 Å². The first-order valence-corrected chi connectivity index (χ1v) is 6.27. The predicted octanol–water partition coefficient (Wildman–Crippen LogP) is 2.56. The number of hydrogen-bond donors (Lipinski definition) is 0. The van der Waals surface area contributed by atoms with E-state index < -0.39 is 0 Å². The van der Waals surface area contributed by atoms with E-state index in [-0.39, 0.29) is 11.9 Å². The minimum absolute atomic E-state index is 0.257. The highest BCUT2D eigenvalue weighted by Crippen LogP contribution is 2.14. The Morgan fingerprint density at radius 2 is 1.83 bits per heavy atom. The fraction of sp³-hybridized carbons (Fsp3) is 0.571. The van der Waals surface area contributed by atoms with Crippen LogP contribution in [0.2, 0.25) is 0 Å². The van der Waals surface area contributed by atoms with E-state index in [1.54, 1.807) is 18.2 Å². The zero-order valence-electron chi connectivity index (χ0n) is 11.4. The molecular formula is C14H22FNO2. The maximum atomic E-state index is 13.2. The monoisotopic (exact) mass is 255 g/mol. The van der Waals surface area contributed by atoms with Crippen LogP contribution in [0.3, 0.4) is 0 Å². The molecule has 0 aromatic heterocycles. The molecule has 3 nitrogen and oxygen atoms in total. The van der Waals surface area contributed by atoms with E-state index in [1.165, 1.54) is 6.07 Å². The second kappa shape index (κ2) is 8.06. The molecule has 0 N–H and O–H groups in total. The summed E-state index contributed by atoms with van der Waals surface area (Å²) in [5, 5.41) is 0. The van der Waals surface area contributed by atoms with Crippen molar-refractivity contribution in [3.63, 3.8) is 0 Å². The SMILES string of the molecule is CC(C)OCCN(C)CCOc1ccccc1F. The first-order valence-electron chi connectivity index (χ1n) is 6.27. The maximum absolute atomic E-state index is 13.2. The Morgan fingerprint density at radius 1 is 1.17 bits per heavy atom. The van der Waals surface area contributed by atoms with Crippen molar-refractivity contribution >= 4 is 0 Å². The number of rotatable bonds is 8. The molecule has 0 amide bonds.